The van der Waals surface area contributed by atoms with Crippen LogP contribution in [0.5, 0.6) is 11.5 Å². The lowest BCUT2D eigenvalue weighted by Crippen LogP contribution is -2.27. The molecule has 0 aliphatic heterocycles. The summed E-state index contributed by atoms with van der Waals surface area (Å²) < 4.78 is 135. The van der Waals surface area contributed by atoms with Gasteiger partial charge in [0.15, 0.2) is 11.4 Å². The number of ketones is 2. The van der Waals surface area contributed by atoms with Gasteiger partial charge in [-0.05, 0) is 108 Å². The van der Waals surface area contributed by atoms with Crippen molar-refractivity contribution in [3.63, 3.8) is 0 Å². The van der Waals surface area contributed by atoms with E-state index in [2.05, 4.69) is 46.6 Å². The number of aromatic nitrogens is 3. The van der Waals surface area contributed by atoms with Gasteiger partial charge in [0.2, 0.25) is 28.7 Å². The molecule has 65 heavy (non-hydrogen) atoms. The van der Waals surface area contributed by atoms with Gasteiger partial charge in [-0.2, -0.15) is 58.8 Å². The van der Waals surface area contributed by atoms with Gasteiger partial charge in [0.05, 0.1) is 21.2 Å². The van der Waals surface area contributed by atoms with E-state index in [9.17, 15) is 71.7 Å². The first-order valence-electron chi connectivity index (χ1n) is 17.3. The molecular formula is C35H24ClN9O16S4. The maximum atomic E-state index is 13.5. The van der Waals surface area contributed by atoms with Gasteiger partial charge in [0, 0.05) is 22.5 Å². The van der Waals surface area contributed by atoms with Crippen LogP contribution in [0.2, 0.25) is 5.28 Å². The number of rotatable bonds is 12. The summed E-state index contributed by atoms with van der Waals surface area (Å²) in [5.41, 5.74) is 1.56. The number of hydrogen-bond donors (Lipinski definition) is 10. The van der Waals surface area contributed by atoms with Crippen molar-refractivity contribution in [2.24, 2.45) is 10.2 Å². The number of benzene rings is 4. The van der Waals surface area contributed by atoms with Crippen LogP contribution in [0.3, 0.4) is 0 Å². The van der Waals surface area contributed by atoms with Gasteiger partial charge in [0.25, 0.3) is 40.5 Å². The molecule has 25 nitrogen and oxygen atoms in total. The fourth-order valence-corrected chi connectivity index (χ4v) is 8.41. The average molecular weight is 990 g/mol. The highest BCUT2D eigenvalue weighted by molar-refractivity contribution is 7.91. The number of hydrogen-bond acceptors (Lipinski definition) is 21. The third-order valence-corrected chi connectivity index (χ3v) is 12.4. The van der Waals surface area contributed by atoms with Crippen molar-refractivity contribution in [1.29, 1.82) is 0 Å². The van der Waals surface area contributed by atoms with Crippen LogP contribution in [0.25, 0.3) is 12.2 Å². The smallest absolute Gasteiger partial charge is 0.296 e. The lowest BCUT2D eigenvalue weighted by molar-refractivity contribution is 0.105. The summed E-state index contributed by atoms with van der Waals surface area (Å²) in [6.07, 6.45) is 1.79. The van der Waals surface area contributed by atoms with E-state index in [-0.39, 0.29) is 50.8 Å². The Bertz CT molecular complexity index is 3300. The average Bonchev–Trinajstić information content (AvgIpc) is 3.19. The largest absolute Gasteiger partial charge is 0.506 e. The number of halogens is 1. The quantitative estimate of drug-likeness (QED) is 0.0484. The van der Waals surface area contributed by atoms with Crippen molar-refractivity contribution >= 4 is 122 Å². The molecule has 1 heterocycles. The van der Waals surface area contributed by atoms with Gasteiger partial charge in [-0.25, -0.2) is 0 Å². The third-order valence-electron chi connectivity index (χ3n) is 8.85. The van der Waals surface area contributed by atoms with E-state index in [1.807, 2.05) is 0 Å². The van der Waals surface area contributed by atoms with E-state index in [0.29, 0.717) is 0 Å². The first-order valence-corrected chi connectivity index (χ1v) is 23.4. The van der Waals surface area contributed by atoms with Crippen LogP contribution in [0.15, 0.2) is 103 Å². The van der Waals surface area contributed by atoms with E-state index in [0.717, 1.165) is 48.6 Å². The van der Waals surface area contributed by atoms with E-state index >= 15 is 0 Å². The Hall–Kier alpha value is -7.22. The van der Waals surface area contributed by atoms with Crippen molar-refractivity contribution < 1.29 is 71.7 Å². The number of phenols is 2. The van der Waals surface area contributed by atoms with E-state index in [1.165, 1.54) is 36.4 Å². The highest BCUT2D eigenvalue weighted by atomic mass is 35.5. The van der Waals surface area contributed by atoms with Gasteiger partial charge in [0.1, 0.15) is 21.3 Å². The molecule has 30 heteroatoms. The molecule has 7 rings (SSSR count). The molecule has 1 aromatic heterocycles. The van der Waals surface area contributed by atoms with Gasteiger partial charge in [-0.1, -0.05) is 0 Å². The van der Waals surface area contributed by atoms with Crippen LogP contribution >= 0.6 is 11.6 Å². The zero-order valence-corrected chi connectivity index (χ0v) is 35.6. The highest BCUT2D eigenvalue weighted by Crippen LogP contribution is 2.33. The predicted molar refractivity (Wildman–Crippen MR) is 230 cm³/mol. The van der Waals surface area contributed by atoms with Crippen molar-refractivity contribution in [2.75, 3.05) is 21.5 Å². The normalized spacial score (nSPS) is 15.5. The van der Waals surface area contributed by atoms with E-state index in [1.54, 1.807) is 0 Å². The summed E-state index contributed by atoms with van der Waals surface area (Å²) in [6.45, 7) is 0. The molecule has 0 amide bonds. The zero-order valence-electron chi connectivity index (χ0n) is 31.6. The maximum absolute atomic E-state index is 13.5. The second-order valence-electron chi connectivity index (χ2n) is 13.2. The van der Waals surface area contributed by atoms with Crippen LogP contribution in [0.4, 0.5) is 34.6 Å². The number of hydrazone groups is 2. The Labute approximate surface area is 370 Å². The Morgan fingerprint density at radius 3 is 1.25 bits per heavy atom. The minimum Gasteiger partial charge on any atom is -0.506 e. The lowest BCUT2D eigenvalue weighted by Gasteiger charge is -2.18. The van der Waals surface area contributed by atoms with E-state index in [4.69, 9.17) is 11.6 Å². The zero-order chi connectivity index (χ0) is 47.4. The summed E-state index contributed by atoms with van der Waals surface area (Å²) in [7, 11) is -19.8. The van der Waals surface area contributed by atoms with Gasteiger partial charge in [-0.15, -0.1) is 0 Å². The van der Waals surface area contributed by atoms with Crippen LogP contribution in [-0.2, 0) is 40.5 Å². The fraction of sp³-hybridized carbons (Fsp3) is 0. The first-order chi connectivity index (χ1) is 30.3. The predicted octanol–water partition coefficient (Wildman–Crippen LogP) is 3.70. The fourth-order valence-electron chi connectivity index (χ4n) is 5.92. The Balaban J connectivity index is 1.14. The molecule has 2 aliphatic rings. The number of fused-ring (bicyclic) bond motifs is 2. The number of Topliss-reactive ketones (excluding diaryl/α,β-unsaturated/α-hetero) is 2. The molecule has 0 radical (unpaired) electrons. The monoisotopic (exact) mass is 989 g/mol. The first kappa shape index (κ1) is 45.8. The molecule has 2 aliphatic carbocycles. The second-order valence-corrected chi connectivity index (χ2v) is 19.1. The molecule has 0 unspecified atom stereocenters. The minimum absolute atomic E-state index is 0.0595. The number of carbonyl (C=O) groups is 2. The van der Waals surface area contributed by atoms with Crippen molar-refractivity contribution in [2.45, 2.75) is 9.79 Å². The summed E-state index contributed by atoms with van der Waals surface area (Å²) >= 11 is 6.16. The highest BCUT2D eigenvalue weighted by Gasteiger charge is 2.35. The van der Waals surface area contributed by atoms with Gasteiger partial charge < -0.3 is 20.8 Å². The summed E-state index contributed by atoms with van der Waals surface area (Å²) in [6, 6.07) is 12.7. The Kier molecular flexibility index (Phi) is 11.8. The van der Waals surface area contributed by atoms with E-state index < -0.39 is 106 Å². The second kappa shape index (κ2) is 16.7. The molecular weight excluding hydrogens is 966 g/mol. The van der Waals surface area contributed by atoms with Gasteiger partial charge >= 0.3 is 0 Å². The SMILES string of the molecule is O=C1/C(=N/Nc2cc(S(=O)(=O)O)ccc2O)C(S(=O)(=O)O)=Cc2cc(Nc3nc(Cl)nc(Nc4ccc5c(c4)C=C(S(=O)(=O)O)/C(=N\Nc4cc(S(=O)(=O)O)ccc4O)C5=O)n3)ccc21. The number of anilines is 6. The summed E-state index contributed by atoms with van der Waals surface area (Å²) in [5, 5.41) is 32.8. The third kappa shape index (κ3) is 9.96. The molecule has 5 aromatic rings. The van der Waals surface area contributed by atoms with Crippen molar-refractivity contribution in [3.8, 4) is 11.5 Å². The molecule has 336 valence electrons. The molecule has 4 aromatic carbocycles. The Morgan fingerprint density at radius 2 is 0.892 bits per heavy atom. The summed E-state index contributed by atoms with van der Waals surface area (Å²) in [4.78, 5) is 35.8. The number of carbonyl (C=O) groups excluding carboxylic acids is 2. The van der Waals surface area contributed by atoms with Crippen LogP contribution in [0.1, 0.15) is 31.8 Å². The standard InChI is InChI=1S/C35H24ClN9O16S4/c36-33-39-34(37-17-1-5-21-15(9-17)11-27(64(56,57)58)29(31(21)48)44-42-23-13-19(62(50,51)52)3-7-25(23)46)41-35(40-33)38-18-2-6-22-16(10-18)12-28(65(59,60)61)30(32(22)49)45-43-24-14-20(63(53,54)55)4-8-26(24)47/h1-14,42-43,46-47H,(H,50,51,52)(H,53,54,55)(H,56,57,58)(H,59,60,61)(H2,37,38,39,40,41)/b44-29+,45-30+. The van der Waals surface area contributed by atoms with Crippen molar-refractivity contribution in [1.82, 2.24) is 15.0 Å². The molecule has 0 saturated carbocycles. The molecule has 0 bridgehead atoms. The van der Waals surface area contributed by atoms with Gasteiger partial charge in [-0.3, -0.25) is 38.7 Å². The maximum Gasteiger partial charge on any atom is 0.296 e. The topological polar surface area (TPSA) is 404 Å². The van der Waals surface area contributed by atoms with Crippen LogP contribution in [-0.4, -0.2) is 100 Å². The number of aromatic hydroxyl groups is 2. The van der Waals surface area contributed by atoms with Crippen LogP contribution in [0, 0.1) is 0 Å². The molecule has 0 spiro atoms. The number of allylic oxidation sites excluding steroid dienone is 2. The number of nitrogens with zero attached hydrogens (tertiary/aromatic N) is 5. The van der Waals surface area contributed by atoms with Crippen molar-refractivity contribution in [3.05, 3.63) is 110 Å². The molecule has 0 atom stereocenters. The Morgan fingerprint density at radius 1 is 0.508 bits per heavy atom. The molecule has 10 N–H and O–H groups in total. The molecule has 0 saturated heterocycles. The summed E-state index contributed by atoms with van der Waals surface area (Å²) in [5.74, 6) is -3.74. The lowest BCUT2D eigenvalue weighted by atomic mass is 9.94. The minimum atomic E-state index is -5.16. The number of phenolic OH excluding ortho intramolecular Hbond substituents is 2. The molecule has 0 fully saturated rings. The number of nitrogens with one attached hydrogen (secondary N) is 4. The van der Waals surface area contributed by atoms with Crippen LogP contribution < -0.4 is 21.5 Å².